The summed E-state index contributed by atoms with van der Waals surface area (Å²) in [6.45, 7) is 6.60. The molecule has 3 heteroatoms. The molecule has 0 aliphatic carbocycles. The van der Waals surface area contributed by atoms with Crippen molar-refractivity contribution in [3.63, 3.8) is 0 Å². The Morgan fingerprint density at radius 1 is 1.45 bits per heavy atom. The average molecular weight is 158 g/mol. The molecular weight excluding hydrogens is 144 g/mol. The fraction of sp³-hybridized carbons (Fsp3) is 0.625. The van der Waals surface area contributed by atoms with Crippen molar-refractivity contribution in [1.82, 2.24) is 0 Å². The first kappa shape index (κ1) is 10.2. The smallest absolute Gasteiger partial charge is 0.330 e. The lowest BCUT2D eigenvalue weighted by molar-refractivity contribution is -0.132. The fourth-order valence-corrected chi connectivity index (χ4v) is 0.510. The lowest BCUT2D eigenvalue weighted by Crippen LogP contribution is -1.92. The summed E-state index contributed by atoms with van der Waals surface area (Å²) in [5.41, 5.74) is 0.176. The lowest BCUT2D eigenvalue weighted by atomic mass is 10.4. The number of hydrogen-bond donors (Lipinski definition) is 1. The van der Waals surface area contributed by atoms with Gasteiger partial charge in [-0.25, -0.2) is 4.79 Å². The maximum Gasteiger partial charge on any atom is 0.330 e. The molecule has 0 unspecified atom stereocenters. The summed E-state index contributed by atoms with van der Waals surface area (Å²) >= 11 is 0. The molecule has 1 N–H and O–H groups in total. The van der Waals surface area contributed by atoms with Gasteiger partial charge < -0.3 is 9.84 Å². The van der Waals surface area contributed by atoms with Crippen LogP contribution in [0.2, 0.25) is 0 Å². The molecule has 0 aromatic heterocycles. The van der Waals surface area contributed by atoms with E-state index in [-0.39, 0.29) is 5.57 Å². The van der Waals surface area contributed by atoms with Gasteiger partial charge in [0.1, 0.15) is 0 Å². The fourth-order valence-electron chi connectivity index (χ4n) is 0.510. The van der Waals surface area contributed by atoms with Crippen LogP contribution in [-0.2, 0) is 9.53 Å². The predicted octanol–water partition coefficient (Wildman–Crippen LogP) is 1.44. The third-order valence-corrected chi connectivity index (χ3v) is 1.19. The van der Waals surface area contributed by atoms with E-state index in [0.717, 1.165) is 13.2 Å². The topological polar surface area (TPSA) is 46.5 Å². The maximum absolute atomic E-state index is 9.60. The van der Waals surface area contributed by atoms with Gasteiger partial charge in [0.25, 0.3) is 0 Å². The second kappa shape index (κ2) is 5.92. The van der Waals surface area contributed by atoms with Crippen LogP contribution in [0.25, 0.3) is 0 Å². The first-order valence-electron chi connectivity index (χ1n) is 3.61. The Balaban J connectivity index is 0.000000183. The number of carboxylic acids is 1. The molecule has 0 aromatic rings. The van der Waals surface area contributed by atoms with Crippen molar-refractivity contribution in [1.29, 1.82) is 0 Å². The van der Waals surface area contributed by atoms with Crippen molar-refractivity contribution >= 4 is 5.97 Å². The zero-order valence-corrected chi connectivity index (χ0v) is 6.80. The Hall–Kier alpha value is -0.830. The van der Waals surface area contributed by atoms with Crippen LogP contribution < -0.4 is 0 Å². The molecule has 0 saturated carbocycles. The number of hydrogen-bond acceptors (Lipinski definition) is 2. The van der Waals surface area contributed by atoms with Crippen molar-refractivity contribution in [2.75, 3.05) is 13.2 Å². The van der Waals surface area contributed by atoms with E-state index in [0.29, 0.717) is 0 Å². The van der Waals surface area contributed by atoms with Crippen molar-refractivity contribution < 1.29 is 14.6 Å². The largest absolute Gasteiger partial charge is 0.478 e. The highest BCUT2D eigenvalue weighted by Crippen LogP contribution is 1.98. The molecule has 3 nitrogen and oxygen atoms in total. The molecule has 1 aliphatic heterocycles. The number of rotatable bonds is 1. The van der Waals surface area contributed by atoms with Crippen molar-refractivity contribution in [2.45, 2.75) is 19.8 Å². The highest BCUT2D eigenvalue weighted by molar-refractivity contribution is 5.84. The maximum atomic E-state index is 9.60. The van der Waals surface area contributed by atoms with Crippen LogP contribution in [-0.4, -0.2) is 24.3 Å². The van der Waals surface area contributed by atoms with E-state index in [9.17, 15) is 4.79 Å². The Labute approximate surface area is 66.7 Å². The molecule has 0 spiro atoms. The van der Waals surface area contributed by atoms with E-state index in [1.54, 1.807) is 0 Å². The van der Waals surface area contributed by atoms with Gasteiger partial charge in [-0.3, -0.25) is 0 Å². The summed E-state index contributed by atoms with van der Waals surface area (Å²) in [5, 5.41) is 7.89. The van der Waals surface area contributed by atoms with Gasteiger partial charge in [0.2, 0.25) is 0 Å². The monoisotopic (exact) mass is 158 g/mol. The van der Waals surface area contributed by atoms with Crippen LogP contribution in [0.15, 0.2) is 12.2 Å². The minimum Gasteiger partial charge on any atom is -0.478 e. The summed E-state index contributed by atoms with van der Waals surface area (Å²) in [7, 11) is 0. The highest BCUT2D eigenvalue weighted by atomic mass is 16.5. The van der Waals surface area contributed by atoms with Gasteiger partial charge in [-0.15, -0.1) is 0 Å². The Morgan fingerprint density at radius 2 is 1.82 bits per heavy atom. The first-order valence-corrected chi connectivity index (χ1v) is 3.61. The van der Waals surface area contributed by atoms with Gasteiger partial charge in [0, 0.05) is 18.8 Å². The van der Waals surface area contributed by atoms with E-state index in [1.165, 1.54) is 19.8 Å². The summed E-state index contributed by atoms with van der Waals surface area (Å²) in [6, 6.07) is 0. The second-order valence-electron chi connectivity index (χ2n) is 2.40. The minimum absolute atomic E-state index is 0.176. The van der Waals surface area contributed by atoms with Crippen LogP contribution in [0, 0.1) is 0 Å². The van der Waals surface area contributed by atoms with Crippen molar-refractivity contribution in [3.8, 4) is 0 Å². The number of carboxylic acid groups (broad SMARTS) is 1. The zero-order valence-electron chi connectivity index (χ0n) is 6.80. The van der Waals surface area contributed by atoms with Crippen molar-refractivity contribution in [3.05, 3.63) is 12.2 Å². The van der Waals surface area contributed by atoms with Gasteiger partial charge in [0.05, 0.1) is 0 Å². The Kier molecular flexibility index (Phi) is 5.47. The lowest BCUT2D eigenvalue weighted by Gasteiger charge is -1.79. The molecule has 0 aromatic carbocycles. The highest BCUT2D eigenvalue weighted by Gasteiger charge is 1.94. The van der Waals surface area contributed by atoms with Gasteiger partial charge in [-0.1, -0.05) is 6.58 Å². The summed E-state index contributed by atoms with van der Waals surface area (Å²) < 4.78 is 4.94. The van der Waals surface area contributed by atoms with Crippen LogP contribution in [0.5, 0.6) is 0 Å². The van der Waals surface area contributed by atoms with Crippen LogP contribution in [0.4, 0.5) is 0 Å². The molecule has 0 atom stereocenters. The molecule has 1 heterocycles. The van der Waals surface area contributed by atoms with Gasteiger partial charge in [0.15, 0.2) is 0 Å². The molecule has 0 amide bonds. The molecule has 1 fully saturated rings. The van der Waals surface area contributed by atoms with Gasteiger partial charge >= 0.3 is 5.97 Å². The molecule has 1 saturated heterocycles. The van der Waals surface area contributed by atoms with E-state index in [2.05, 4.69) is 6.58 Å². The Morgan fingerprint density at radius 3 is 1.91 bits per heavy atom. The summed E-state index contributed by atoms with van der Waals surface area (Å²) in [6.07, 6.45) is 2.56. The molecule has 11 heavy (non-hydrogen) atoms. The molecular formula is C8H14O3. The number of ether oxygens (including phenoxy) is 1. The van der Waals surface area contributed by atoms with Gasteiger partial charge in [-0.05, 0) is 19.8 Å². The first-order chi connectivity index (χ1) is 5.14. The number of aliphatic carboxylic acids is 1. The third-order valence-electron chi connectivity index (χ3n) is 1.19. The molecule has 0 bridgehead atoms. The standard InChI is InChI=1S/C4H6O2.C4H8O/c1-3(2)4(5)6;1-2-4-5-3-1/h1H2,2H3,(H,5,6);1-4H2. The summed E-state index contributed by atoms with van der Waals surface area (Å²) in [5.74, 6) is -0.935. The predicted molar refractivity (Wildman–Crippen MR) is 42.5 cm³/mol. The average Bonchev–Trinajstić information content (AvgIpc) is 2.41. The molecule has 1 aliphatic rings. The molecule has 1 rings (SSSR count). The minimum atomic E-state index is -0.935. The van der Waals surface area contributed by atoms with E-state index in [1.807, 2.05) is 0 Å². The van der Waals surface area contributed by atoms with E-state index >= 15 is 0 Å². The third kappa shape index (κ3) is 7.06. The van der Waals surface area contributed by atoms with Crippen molar-refractivity contribution in [2.24, 2.45) is 0 Å². The number of carbonyl (C=O) groups is 1. The summed E-state index contributed by atoms with van der Waals surface area (Å²) in [4.78, 5) is 9.60. The van der Waals surface area contributed by atoms with Crippen LogP contribution in [0.1, 0.15) is 19.8 Å². The second-order valence-corrected chi connectivity index (χ2v) is 2.40. The normalized spacial score (nSPS) is 15.0. The van der Waals surface area contributed by atoms with Crippen LogP contribution in [0.3, 0.4) is 0 Å². The molecule has 0 radical (unpaired) electrons. The zero-order chi connectivity index (χ0) is 8.69. The van der Waals surface area contributed by atoms with Gasteiger partial charge in [-0.2, -0.15) is 0 Å². The van der Waals surface area contributed by atoms with Crippen LogP contribution >= 0.6 is 0 Å². The quantitative estimate of drug-likeness (QED) is 0.587. The molecule has 64 valence electrons. The SMILES string of the molecule is C1CCOC1.C=C(C)C(=O)O. The van der Waals surface area contributed by atoms with E-state index < -0.39 is 5.97 Å². The Bertz CT molecular complexity index is 117. The van der Waals surface area contributed by atoms with E-state index in [4.69, 9.17) is 9.84 Å².